The molecule has 1 aromatic carbocycles. The number of rotatable bonds is 9. The Hall–Kier alpha value is -1.22. The average Bonchev–Trinajstić information content (AvgIpc) is 2.43. The van der Waals surface area contributed by atoms with Gasteiger partial charge in [-0.3, -0.25) is 0 Å². The summed E-state index contributed by atoms with van der Waals surface area (Å²) in [6.45, 7) is 9.10. The summed E-state index contributed by atoms with van der Waals surface area (Å²) < 4.78 is 11.3. The van der Waals surface area contributed by atoms with Gasteiger partial charge < -0.3 is 14.8 Å². The van der Waals surface area contributed by atoms with E-state index in [-0.39, 0.29) is 0 Å². The van der Waals surface area contributed by atoms with Crippen molar-refractivity contribution in [3.8, 4) is 11.5 Å². The van der Waals surface area contributed by atoms with Crippen LogP contribution in [0.5, 0.6) is 11.5 Å². The Kier molecular flexibility index (Phi) is 7.34. The minimum atomic E-state index is 0.576. The second kappa shape index (κ2) is 8.81. The molecule has 3 heteroatoms. The summed E-state index contributed by atoms with van der Waals surface area (Å²) in [6.07, 6.45) is 2.39. The summed E-state index contributed by atoms with van der Waals surface area (Å²) in [7, 11) is 1.68. The predicted octanol–water partition coefficient (Wildman–Crippen LogP) is 3.62. The Balaban J connectivity index is 2.66. The van der Waals surface area contributed by atoms with E-state index < -0.39 is 0 Å². The molecule has 0 fully saturated rings. The molecule has 3 nitrogen and oxygen atoms in total. The predicted molar refractivity (Wildman–Crippen MR) is 79.9 cm³/mol. The van der Waals surface area contributed by atoms with Crippen molar-refractivity contribution in [1.29, 1.82) is 0 Å². The fourth-order valence-corrected chi connectivity index (χ4v) is 2.02. The van der Waals surface area contributed by atoms with Gasteiger partial charge in [-0.2, -0.15) is 0 Å². The smallest absolute Gasteiger partial charge is 0.161 e. The number of benzene rings is 1. The quantitative estimate of drug-likeness (QED) is 0.739. The molecule has 0 heterocycles. The lowest BCUT2D eigenvalue weighted by Gasteiger charge is -2.15. The summed E-state index contributed by atoms with van der Waals surface area (Å²) in [5.41, 5.74) is 1.22. The van der Waals surface area contributed by atoms with E-state index in [0.717, 1.165) is 31.2 Å². The van der Waals surface area contributed by atoms with Crippen molar-refractivity contribution < 1.29 is 9.47 Å². The second-order valence-corrected chi connectivity index (χ2v) is 4.97. The molecule has 1 unspecified atom stereocenters. The van der Waals surface area contributed by atoms with E-state index in [9.17, 15) is 0 Å². The zero-order chi connectivity index (χ0) is 14.1. The first-order valence-corrected chi connectivity index (χ1v) is 7.21. The first kappa shape index (κ1) is 15.8. The summed E-state index contributed by atoms with van der Waals surface area (Å²) in [6, 6.07) is 6.12. The molecular formula is C16H27NO2. The molecule has 108 valence electrons. The normalized spacial score (nSPS) is 12.2. The highest BCUT2D eigenvalue weighted by Crippen LogP contribution is 2.28. The van der Waals surface area contributed by atoms with E-state index >= 15 is 0 Å². The van der Waals surface area contributed by atoms with Gasteiger partial charge in [-0.05, 0) is 36.6 Å². The molecular weight excluding hydrogens is 238 g/mol. The van der Waals surface area contributed by atoms with E-state index in [4.69, 9.17) is 9.47 Å². The Labute approximate surface area is 117 Å². The van der Waals surface area contributed by atoms with Crippen LogP contribution in [-0.2, 0) is 6.54 Å². The molecule has 1 aromatic rings. The highest BCUT2D eigenvalue weighted by Gasteiger charge is 2.08. The lowest BCUT2D eigenvalue weighted by atomic mass is 10.1. The van der Waals surface area contributed by atoms with Crippen LogP contribution < -0.4 is 14.8 Å². The number of nitrogens with one attached hydrogen (secondary N) is 1. The molecule has 0 bridgehead atoms. The molecule has 1 atom stereocenters. The van der Waals surface area contributed by atoms with Crippen LogP contribution in [0.1, 0.15) is 39.2 Å². The largest absolute Gasteiger partial charge is 0.493 e. The van der Waals surface area contributed by atoms with Crippen molar-refractivity contribution in [2.75, 3.05) is 20.3 Å². The second-order valence-electron chi connectivity index (χ2n) is 4.97. The molecule has 0 saturated heterocycles. The molecule has 0 aromatic heterocycles. The topological polar surface area (TPSA) is 30.5 Å². The van der Waals surface area contributed by atoms with Gasteiger partial charge >= 0.3 is 0 Å². The zero-order valence-corrected chi connectivity index (χ0v) is 12.7. The maximum Gasteiger partial charge on any atom is 0.161 e. The number of methoxy groups -OCH3 is 1. The lowest BCUT2D eigenvalue weighted by molar-refractivity contribution is 0.240. The summed E-state index contributed by atoms with van der Waals surface area (Å²) in [4.78, 5) is 0. The van der Waals surface area contributed by atoms with Crippen LogP contribution in [0.15, 0.2) is 18.2 Å². The van der Waals surface area contributed by atoms with Crippen LogP contribution in [0.3, 0.4) is 0 Å². The third-order valence-corrected chi connectivity index (χ3v) is 3.11. The van der Waals surface area contributed by atoms with Gasteiger partial charge in [-0.1, -0.05) is 33.3 Å². The van der Waals surface area contributed by atoms with Crippen molar-refractivity contribution in [3.05, 3.63) is 23.8 Å². The van der Waals surface area contributed by atoms with Gasteiger partial charge in [0.15, 0.2) is 11.5 Å². The van der Waals surface area contributed by atoms with Gasteiger partial charge in [-0.25, -0.2) is 0 Å². The number of ether oxygens (including phenoxy) is 2. The van der Waals surface area contributed by atoms with Gasteiger partial charge in [0, 0.05) is 6.54 Å². The van der Waals surface area contributed by atoms with Gasteiger partial charge in [0.2, 0.25) is 0 Å². The third-order valence-electron chi connectivity index (χ3n) is 3.11. The Morgan fingerprint density at radius 1 is 1.21 bits per heavy atom. The highest BCUT2D eigenvalue weighted by molar-refractivity contribution is 5.42. The van der Waals surface area contributed by atoms with Gasteiger partial charge in [0.25, 0.3) is 0 Å². The van der Waals surface area contributed by atoms with Crippen molar-refractivity contribution in [3.63, 3.8) is 0 Å². The van der Waals surface area contributed by atoms with Crippen molar-refractivity contribution >= 4 is 0 Å². The first-order valence-electron chi connectivity index (χ1n) is 7.21. The SMILES string of the molecule is CCCC(C)COc1cc(CNCC)ccc1OC. The van der Waals surface area contributed by atoms with Gasteiger partial charge in [0.1, 0.15) is 0 Å². The summed E-state index contributed by atoms with van der Waals surface area (Å²) in [5, 5.41) is 3.32. The lowest BCUT2D eigenvalue weighted by Crippen LogP contribution is -2.12. The molecule has 0 aliphatic carbocycles. The Morgan fingerprint density at radius 2 is 2.00 bits per heavy atom. The third kappa shape index (κ3) is 5.52. The van der Waals surface area contributed by atoms with Crippen LogP contribution >= 0.6 is 0 Å². The molecule has 0 saturated carbocycles. The van der Waals surface area contributed by atoms with Crippen molar-refractivity contribution in [2.24, 2.45) is 5.92 Å². The molecule has 0 aliphatic heterocycles. The van der Waals surface area contributed by atoms with E-state index in [0.29, 0.717) is 5.92 Å². The maximum absolute atomic E-state index is 5.91. The molecule has 1 N–H and O–H groups in total. The average molecular weight is 265 g/mol. The van der Waals surface area contributed by atoms with Crippen LogP contribution in [0, 0.1) is 5.92 Å². The Morgan fingerprint density at radius 3 is 2.63 bits per heavy atom. The van der Waals surface area contributed by atoms with Crippen LogP contribution in [0.4, 0.5) is 0 Å². The molecule has 1 rings (SSSR count). The monoisotopic (exact) mass is 265 g/mol. The van der Waals surface area contributed by atoms with E-state index in [1.807, 2.05) is 6.07 Å². The standard InChI is InChI=1S/C16H27NO2/c1-5-7-13(3)12-19-16-10-14(11-17-6-2)8-9-15(16)18-4/h8-10,13,17H,5-7,11-12H2,1-4H3. The van der Waals surface area contributed by atoms with Crippen molar-refractivity contribution in [1.82, 2.24) is 5.32 Å². The summed E-state index contributed by atoms with van der Waals surface area (Å²) >= 11 is 0. The summed E-state index contributed by atoms with van der Waals surface area (Å²) in [5.74, 6) is 2.23. The van der Waals surface area contributed by atoms with E-state index in [2.05, 4.69) is 38.2 Å². The number of hydrogen-bond donors (Lipinski definition) is 1. The van der Waals surface area contributed by atoms with Crippen LogP contribution in [0.25, 0.3) is 0 Å². The fourth-order valence-electron chi connectivity index (χ4n) is 2.02. The van der Waals surface area contributed by atoms with Gasteiger partial charge in [-0.15, -0.1) is 0 Å². The minimum absolute atomic E-state index is 0.576. The molecule has 19 heavy (non-hydrogen) atoms. The first-order chi connectivity index (χ1) is 9.21. The molecule has 0 amide bonds. The number of hydrogen-bond acceptors (Lipinski definition) is 3. The fraction of sp³-hybridized carbons (Fsp3) is 0.625. The minimum Gasteiger partial charge on any atom is -0.493 e. The zero-order valence-electron chi connectivity index (χ0n) is 12.7. The van der Waals surface area contributed by atoms with Crippen LogP contribution in [-0.4, -0.2) is 20.3 Å². The molecule has 0 aliphatic rings. The molecule has 0 spiro atoms. The molecule has 0 radical (unpaired) electrons. The van der Waals surface area contributed by atoms with E-state index in [1.54, 1.807) is 7.11 Å². The maximum atomic E-state index is 5.91. The Bertz CT molecular complexity index is 366. The highest BCUT2D eigenvalue weighted by atomic mass is 16.5. The van der Waals surface area contributed by atoms with E-state index in [1.165, 1.54) is 18.4 Å². The van der Waals surface area contributed by atoms with Crippen molar-refractivity contribution in [2.45, 2.75) is 40.2 Å². The van der Waals surface area contributed by atoms with Gasteiger partial charge in [0.05, 0.1) is 13.7 Å². The van der Waals surface area contributed by atoms with Crippen LogP contribution in [0.2, 0.25) is 0 Å².